The summed E-state index contributed by atoms with van der Waals surface area (Å²) in [7, 11) is 0. The van der Waals surface area contributed by atoms with E-state index in [9.17, 15) is 9.59 Å². The van der Waals surface area contributed by atoms with Crippen LogP contribution in [0.5, 0.6) is 0 Å². The van der Waals surface area contributed by atoms with Crippen molar-refractivity contribution in [2.45, 2.75) is 46.6 Å². The van der Waals surface area contributed by atoms with E-state index in [1.165, 1.54) is 6.92 Å². The second kappa shape index (κ2) is 7.07. The molecule has 0 aliphatic heterocycles. The molecule has 1 N–H and O–H groups in total. The van der Waals surface area contributed by atoms with E-state index < -0.39 is 0 Å². The van der Waals surface area contributed by atoms with Crippen molar-refractivity contribution >= 4 is 33.4 Å². The molecule has 0 fully saturated rings. The van der Waals surface area contributed by atoms with Gasteiger partial charge in [-0.25, -0.2) is 0 Å². The minimum Gasteiger partial charge on any atom is -0.351 e. The van der Waals surface area contributed by atoms with Crippen LogP contribution < -0.4 is 10.2 Å². The van der Waals surface area contributed by atoms with E-state index in [2.05, 4.69) is 21.2 Å². The Bertz CT molecular complexity index is 536. The molecule has 0 heterocycles. The molecule has 0 aliphatic rings. The average molecular weight is 355 g/mol. The maximum atomic E-state index is 11.9. The SMILES string of the molecule is CC(=O)N(CCC(=O)NC(C)(C)C)c1ccc(C)c(Br)c1. The molecule has 116 valence electrons. The fourth-order valence-electron chi connectivity index (χ4n) is 1.91. The Labute approximate surface area is 135 Å². The summed E-state index contributed by atoms with van der Waals surface area (Å²) in [6.07, 6.45) is 0.280. The van der Waals surface area contributed by atoms with Crippen molar-refractivity contribution < 1.29 is 9.59 Å². The number of carbonyl (C=O) groups excluding carboxylic acids is 2. The van der Waals surface area contributed by atoms with Crippen LogP contribution in [0, 0.1) is 6.92 Å². The van der Waals surface area contributed by atoms with Gasteiger partial charge in [-0.1, -0.05) is 22.0 Å². The van der Waals surface area contributed by atoms with Crippen molar-refractivity contribution in [1.82, 2.24) is 5.32 Å². The van der Waals surface area contributed by atoms with Gasteiger partial charge in [0.25, 0.3) is 0 Å². The Kier molecular flexibility index (Phi) is 5.96. The predicted octanol–water partition coefficient (Wildman–Crippen LogP) is 3.42. The molecule has 4 nitrogen and oxygen atoms in total. The number of nitrogens with zero attached hydrogens (tertiary/aromatic N) is 1. The Morgan fingerprint density at radius 3 is 2.38 bits per heavy atom. The number of benzene rings is 1. The fourth-order valence-corrected chi connectivity index (χ4v) is 2.28. The molecule has 1 aromatic rings. The van der Waals surface area contributed by atoms with E-state index in [4.69, 9.17) is 0 Å². The minimum atomic E-state index is -0.259. The molecule has 1 rings (SSSR count). The van der Waals surface area contributed by atoms with Crippen LogP contribution in [-0.4, -0.2) is 23.9 Å². The predicted molar refractivity (Wildman–Crippen MR) is 89.4 cm³/mol. The first-order valence-corrected chi connectivity index (χ1v) is 7.75. The summed E-state index contributed by atoms with van der Waals surface area (Å²) >= 11 is 3.47. The standard InChI is InChI=1S/C16H23BrN2O2/c1-11-6-7-13(10-14(11)17)19(12(2)20)9-8-15(21)18-16(3,4)5/h6-7,10H,8-9H2,1-5H3,(H,18,21). The zero-order chi connectivity index (χ0) is 16.2. The van der Waals surface area contributed by atoms with Crippen LogP contribution in [0.1, 0.15) is 39.7 Å². The van der Waals surface area contributed by atoms with Gasteiger partial charge < -0.3 is 10.2 Å². The molecule has 0 saturated heterocycles. The topological polar surface area (TPSA) is 49.4 Å². The van der Waals surface area contributed by atoms with Crippen LogP contribution in [0.2, 0.25) is 0 Å². The van der Waals surface area contributed by atoms with E-state index in [0.717, 1.165) is 15.7 Å². The van der Waals surface area contributed by atoms with Crippen molar-refractivity contribution in [2.24, 2.45) is 0 Å². The lowest BCUT2D eigenvalue weighted by molar-refractivity contribution is -0.122. The summed E-state index contributed by atoms with van der Waals surface area (Å²) in [4.78, 5) is 25.3. The third-order valence-corrected chi connectivity index (χ3v) is 3.78. The number of amides is 2. The van der Waals surface area contributed by atoms with Crippen LogP contribution in [0.4, 0.5) is 5.69 Å². The Morgan fingerprint density at radius 1 is 1.29 bits per heavy atom. The highest BCUT2D eigenvalue weighted by molar-refractivity contribution is 9.10. The zero-order valence-corrected chi connectivity index (χ0v) is 14.9. The highest BCUT2D eigenvalue weighted by atomic mass is 79.9. The van der Waals surface area contributed by atoms with Crippen LogP contribution in [0.3, 0.4) is 0 Å². The highest BCUT2D eigenvalue weighted by Gasteiger charge is 2.17. The minimum absolute atomic E-state index is 0.0556. The molecule has 0 aliphatic carbocycles. The molecule has 0 bridgehead atoms. The third kappa shape index (κ3) is 5.87. The number of halogens is 1. The van der Waals surface area contributed by atoms with Gasteiger partial charge >= 0.3 is 0 Å². The molecule has 21 heavy (non-hydrogen) atoms. The van der Waals surface area contributed by atoms with Gasteiger partial charge in [-0.15, -0.1) is 0 Å². The number of hydrogen-bond donors (Lipinski definition) is 1. The van der Waals surface area contributed by atoms with E-state index in [-0.39, 0.29) is 23.8 Å². The van der Waals surface area contributed by atoms with Crippen LogP contribution in [0.25, 0.3) is 0 Å². The first-order chi connectivity index (χ1) is 9.60. The summed E-state index contributed by atoms with van der Waals surface area (Å²) in [6, 6.07) is 5.74. The number of nitrogens with one attached hydrogen (secondary N) is 1. The average Bonchev–Trinajstić information content (AvgIpc) is 2.31. The summed E-state index contributed by atoms with van der Waals surface area (Å²) in [5.41, 5.74) is 1.64. The Hall–Kier alpha value is -1.36. The van der Waals surface area contributed by atoms with Gasteiger partial charge in [0.2, 0.25) is 11.8 Å². The Balaban J connectivity index is 2.77. The monoisotopic (exact) mass is 354 g/mol. The normalized spacial score (nSPS) is 11.1. The van der Waals surface area contributed by atoms with Gasteiger partial charge in [-0.3, -0.25) is 9.59 Å². The first-order valence-electron chi connectivity index (χ1n) is 6.95. The summed E-state index contributed by atoms with van der Waals surface area (Å²) in [5, 5.41) is 2.90. The molecule has 0 spiro atoms. The smallest absolute Gasteiger partial charge is 0.223 e. The quantitative estimate of drug-likeness (QED) is 0.900. The number of rotatable bonds is 4. The van der Waals surface area contributed by atoms with E-state index in [0.29, 0.717) is 6.54 Å². The third-order valence-electron chi connectivity index (χ3n) is 2.92. The van der Waals surface area contributed by atoms with Crippen molar-refractivity contribution in [2.75, 3.05) is 11.4 Å². The fraction of sp³-hybridized carbons (Fsp3) is 0.500. The first kappa shape index (κ1) is 17.7. The molecule has 0 atom stereocenters. The molecule has 1 aromatic carbocycles. The summed E-state index contributed by atoms with van der Waals surface area (Å²) < 4.78 is 0.949. The van der Waals surface area contributed by atoms with Gasteiger partial charge in [0, 0.05) is 35.6 Å². The molecule has 5 heteroatoms. The molecular formula is C16H23BrN2O2. The lowest BCUT2D eigenvalue weighted by Crippen LogP contribution is -2.42. The van der Waals surface area contributed by atoms with Crippen molar-refractivity contribution in [1.29, 1.82) is 0 Å². The van der Waals surface area contributed by atoms with E-state index >= 15 is 0 Å². The molecule has 0 saturated carbocycles. The lowest BCUT2D eigenvalue weighted by Gasteiger charge is -2.24. The second-order valence-corrected chi connectivity index (χ2v) is 7.01. The van der Waals surface area contributed by atoms with Crippen LogP contribution >= 0.6 is 15.9 Å². The molecule has 0 unspecified atom stereocenters. The van der Waals surface area contributed by atoms with Gasteiger partial charge in [0.1, 0.15) is 0 Å². The summed E-state index contributed by atoms with van der Waals surface area (Å²) in [5.74, 6) is -0.130. The second-order valence-electron chi connectivity index (χ2n) is 6.15. The highest BCUT2D eigenvalue weighted by Crippen LogP contribution is 2.24. The molecule has 2 amide bonds. The lowest BCUT2D eigenvalue weighted by atomic mass is 10.1. The van der Waals surface area contributed by atoms with E-state index in [1.54, 1.807) is 4.90 Å². The maximum Gasteiger partial charge on any atom is 0.223 e. The van der Waals surface area contributed by atoms with Crippen molar-refractivity contribution in [3.05, 3.63) is 28.2 Å². The molecule has 0 radical (unpaired) electrons. The molecular weight excluding hydrogens is 332 g/mol. The van der Waals surface area contributed by atoms with Crippen molar-refractivity contribution in [3.8, 4) is 0 Å². The van der Waals surface area contributed by atoms with Gasteiger partial charge in [-0.2, -0.15) is 0 Å². The van der Waals surface area contributed by atoms with Crippen LogP contribution in [0.15, 0.2) is 22.7 Å². The zero-order valence-electron chi connectivity index (χ0n) is 13.3. The number of aryl methyl sites for hydroxylation is 1. The number of anilines is 1. The summed E-state index contributed by atoms with van der Waals surface area (Å²) in [6.45, 7) is 9.67. The number of hydrogen-bond acceptors (Lipinski definition) is 2. The van der Waals surface area contributed by atoms with E-state index in [1.807, 2.05) is 45.9 Å². The largest absolute Gasteiger partial charge is 0.351 e. The number of carbonyl (C=O) groups is 2. The molecule has 0 aromatic heterocycles. The maximum absolute atomic E-state index is 11.9. The van der Waals surface area contributed by atoms with Gasteiger partial charge in [0.15, 0.2) is 0 Å². The van der Waals surface area contributed by atoms with Crippen molar-refractivity contribution in [3.63, 3.8) is 0 Å². The van der Waals surface area contributed by atoms with Gasteiger partial charge in [0.05, 0.1) is 0 Å². The van der Waals surface area contributed by atoms with Gasteiger partial charge in [-0.05, 0) is 45.4 Å². The Morgan fingerprint density at radius 2 is 1.90 bits per heavy atom. The van der Waals surface area contributed by atoms with Crippen LogP contribution in [-0.2, 0) is 9.59 Å².